The molecule has 2 aromatic rings. The van der Waals surface area contributed by atoms with Crippen molar-refractivity contribution in [1.82, 2.24) is 0 Å². The van der Waals surface area contributed by atoms with Crippen LogP contribution < -0.4 is 5.32 Å². The standard InChI is InChI=1S/C17H15Cl2NO3/c1-10-7-11(2)16(14(19)8-10)20-15(21)9-23-17(22)12-3-5-13(18)6-4-12/h3-8H,9H2,1-2H3,(H,20,21). The molecular formula is C17H15Cl2NO3. The number of carbonyl (C=O) groups excluding carboxylic acids is 2. The van der Waals surface area contributed by atoms with E-state index in [4.69, 9.17) is 27.9 Å². The molecule has 0 heterocycles. The van der Waals surface area contributed by atoms with Gasteiger partial charge in [-0.15, -0.1) is 0 Å². The highest BCUT2D eigenvalue weighted by Crippen LogP contribution is 2.27. The van der Waals surface area contributed by atoms with E-state index in [1.807, 2.05) is 19.9 Å². The topological polar surface area (TPSA) is 55.4 Å². The third kappa shape index (κ3) is 4.71. The van der Waals surface area contributed by atoms with E-state index in [1.165, 1.54) is 12.1 Å². The summed E-state index contributed by atoms with van der Waals surface area (Å²) < 4.78 is 4.97. The first-order chi connectivity index (χ1) is 10.9. The quantitative estimate of drug-likeness (QED) is 0.830. The van der Waals surface area contributed by atoms with E-state index in [0.29, 0.717) is 21.3 Å². The maximum atomic E-state index is 11.9. The molecule has 2 rings (SSSR count). The van der Waals surface area contributed by atoms with Gasteiger partial charge in [-0.3, -0.25) is 4.79 Å². The number of anilines is 1. The van der Waals surface area contributed by atoms with Crippen molar-refractivity contribution in [1.29, 1.82) is 0 Å². The van der Waals surface area contributed by atoms with Gasteiger partial charge in [-0.25, -0.2) is 4.79 Å². The molecule has 0 saturated carbocycles. The van der Waals surface area contributed by atoms with Crippen molar-refractivity contribution in [2.75, 3.05) is 11.9 Å². The van der Waals surface area contributed by atoms with Crippen LogP contribution in [-0.4, -0.2) is 18.5 Å². The van der Waals surface area contributed by atoms with Crippen LogP contribution in [0, 0.1) is 13.8 Å². The van der Waals surface area contributed by atoms with Gasteiger partial charge in [-0.1, -0.05) is 29.3 Å². The zero-order chi connectivity index (χ0) is 17.0. The Morgan fingerprint density at radius 3 is 2.35 bits per heavy atom. The van der Waals surface area contributed by atoms with Gasteiger partial charge in [0.15, 0.2) is 6.61 Å². The molecule has 1 amide bonds. The van der Waals surface area contributed by atoms with Crippen molar-refractivity contribution in [3.8, 4) is 0 Å². The molecule has 4 nitrogen and oxygen atoms in total. The Bertz CT molecular complexity index is 719. The lowest BCUT2D eigenvalue weighted by molar-refractivity contribution is -0.119. The number of hydrogen-bond acceptors (Lipinski definition) is 3. The molecule has 0 aromatic heterocycles. The summed E-state index contributed by atoms with van der Waals surface area (Å²) >= 11 is 11.9. The predicted molar refractivity (Wildman–Crippen MR) is 91.3 cm³/mol. The Hall–Kier alpha value is -2.04. The molecule has 0 bridgehead atoms. The highest BCUT2D eigenvalue weighted by Gasteiger charge is 2.13. The normalized spacial score (nSPS) is 10.3. The van der Waals surface area contributed by atoms with Crippen molar-refractivity contribution in [3.63, 3.8) is 0 Å². The molecule has 120 valence electrons. The van der Waals surface area contributed by atoms with Crippen molar-refractivity contribution in [2.24, 2.45) is 0 Å². The number of halogens is 2. The van der Waals surface area contributed by atoms with Gasteiger partial charge in [0.2, 0.25) is 0 Å². The summed E-state index contributed by atoms with van der Waals surface area (Å²) in [5.41, 5.74) is 2.68. The fourth-order valence-corrected chi connectivity index (χ4v) is 2.54. The summed E-state index contributed by atoms with van der Waals surface area (Å²) in [5.74, 6) is -1.05. The average Bonchev–Trinajstić information content (AvgIpc) is 2.49. The molecule has 1 N–H and O–H groups in total. The number of hydrogen-bond donors (Lipinski definition) is 1. The molecule has 23 heavy (non-hydrogen) atoms. The third-order valence-corrected chi connectivity index (χ3v) is 3.66. The molecule has 0 aliphatic rings. The van der Waals surface area contributed by atoms with Crippen LogP contribution in [0.15, 0.2) is 36.4 Å². The molecule has 2 aromatic carbocycles. The summed E-state index contributed by atoms with van der Waals surface area (Å²) in [7, 11) is 0. The minimum absolute atomic E-state index is 0.326. The van der Waals surface area contributed by atoms with Crippen LogP contribution in [0.4, 0.5) is 5.69 Å². The number of ether oxygens (including phenoxy) is 1. The molecule has 0 fully saturated rings. The first-order valence-electron chi connectivity index (χ1n) is 6.86. The van der Waals surface area contributed by atoms with Gasteiger partial charge in [-0.05, 0) is 55.3 Å². The Kier molecular flexibility index (Phi) is 5.64. The second-order valence-corrected chi connectivity index (χ2v) is 5.91. The first kappa shape index (κ1) is 17.3. The summed E-state index contributed by atoms with van der Waals surface area (Å²) in [6, 6.07) is 9.87. The van der Waals surface area contributed by atoms with E-state index in [-0.39, 0.29) is 0 Å². The monoisotopic (exact) mass is 351 g/mol. The van der Waals surface area contributed by atoms with Crippen LogP contribution in [0.3, 0.4) is 0 Å². The average molecular weight is 352 g/mol. The minimum Gasteiger partial charge on any atom is -0.452 e. The SMILES string of the molecule is Cc1cc(C)c(NC(=O)COC(=O)c2ccc(Cl)cc2)c(Cl)c1. The van der Waals surface area contributed by atoms with Gasteiger partial charge in [-0.2, -0.15) is 0 Å². The second-order valence-electron chi connectivity index (χ2n) is 5.07. The van der Waals surface area contributed by atoms with Crippen molar-refractivity contribution < 1.29 is 14.3 Å². The van der Waals surface area contributed by atoms with Crippen molar-refractivity contribution in [2.45, 2.75) is 13.8 Å². The molecule has 0 saturated heterocycles. The van der Waals surface area contributed by atoms with Gasteiger partial charge in [0.1, 0.15) is 0 Å². The van der Waals surface area contributed by atoms with Gasteiger partial charge in [0.05, 0.1) is 16.3 Å². The van der Waals surface area contributed by atoms with Gasteiger partial charge in [0.25, 0.3) is 5.91 Å². The Morgan fingerprint density at radius 2 is 1.74 bits per heavy atom. The number of aryl methyl sites for hydroxylation is 2. The molecule has 0 radical (unpaired) electrons. The highest BCUT2D eigenvalue weighted by atomic mass is 35.5. The van der Waals surface area contributed by atoms with Crippen LogP contribution in [-0.2, 0) is 9.53 Å². The van der Waals surface area contributed by atoms with Crippen LogP contribution in [0.2, 0.25) is 10.0 Å². The summed E-state index contributed by atoms with van der Waals surface area (Å²) in [4.78, 5) is 23.7. The lowest BCUT2D eigenvalue weighted by Gasteiger charge is -2.11. The molecular weight excluding hydrogens is 337 g/mol. The van der Waals surface area contributed by atoms with E-state index in [1.54, 1.807) is 18.2 Å². The molecule has 0 aliphatic carbocycles. The number of nitrogens with one attached hydrogen (secondary N) is 1. The highest BCUT2D eigenvalue weighted by molar-refractivity contribution is 6.34. The zero-order valence-electron chi connectivity index (χ0n) is 12.7. The van der Waals surface area contributed by atoms with Crippen LogP contribution in [0.1, 0.15) is 21.5 Å². The molecule has 0 spiro atoms. The van der Waals surface area contributed by atoms with Gasteiger partial charge < -0.3 is 10.1 Å². The van der Waals surface area contributed by atoms with Crippen LogP contribution in [0.5, 0.6) is 0 Å². The molecule has 0 unspecified atom stereocenters. The number of amides is 1. The Morgan fingerprint density at radius 1 is 1.09 bits per heavy atom. The lowest BCUT2D eigenvalue weighted by Crippen LogP contribution is -2.21. The van der Waals surface area contributed by atoms with E-state index in [9.17, 15) is 9.59 Å². The fourth-order valence-electron chi connectivity index (χ4n) is 2.05. The van der Waals surface area contributed by atoms with E-state index in [2.05, 4.69) is 5.32 Å². The van der Waals surface area contributed by atoms with E-state index in [0.717, 1.165) is 11.1 Å². The van der Waals surface area contributed by atoms with Crippen molar-refractivity contribution >= 4 is 40.8 Å². The minimum atomic E-state index is -0.594. The van der Waals surface area contributed by atoms with Crippen LogP contribution >= 0.6 is 23.2 Å². The summed E-state index contributed by atoms with van der Waals surface area (Å²) in [6.07, 6.45) is 0. The lowest BCUT2D eigenvalue weighted by atomic mass is 10.1. The number of esters is 1. The van der Waals surface area contributed by atoms with Gasteiger partial charge >= 0.3 is 5.97 Å². The van der Waals surface area contributed by atoms with Gasteiger partial charge in [0, 0.05) is 5.02 Å². The molecule has 0 aliphatic heterocycles. The number of carbonyl (C=O) groups is 2. The van der Waals surface area contributed by atoms with Crippen molar-refractivity contribution in [3.05, 3.63) is 63.1 Å². The molecule has 0 atom stereocenters. The smallest absolute Gasteiger partial charge is 0.338 e. The maximum absolute atomic E-state index is 11.9. The summed E-state index contributed by atoms with van der Waals surface area (Å²) in [5, 5.41) is 3.61. The predicted octanol–water partition coefficient (Wildman–Crippen LogP) is 4.41. The first-order valence-corrected chi connectivity index (χ1v) is 7.61. The Labute approximate surface area is 144 Å². The molecule has 6 heteroatoms. The third-order valence-electron chi connectivity index (χ3n) is 3.11. The number of benzene rings is 2. The van der Waals surface area contributed by atoms with E-state index >= 15 is 0 Å². The second kappa shape index (κ2) is 7.49. The van der Waals surface area contributed by atoms with E-state index < -0.39 is 18.5 Å². The summed E-state index contributed by atoms with van der Waals surface area (Å²) in [6.45, 7) is 3.36. The maximum Gasteiger partial charge on any atom is 0.338 e. The van der Waals surface area contributed by atoms with Crippen LogP contribution in [0.25, 0.3) is 0 Å². The largest absolute Gasteiger partial charge is 0.452 e. The Balaban J connectivity index is 1.95. The fraction of sp³-hybridized carbons (Fsp3) is 0.176. The number of rotatable bonds is 4. The zero-order valence-corrected chi connectivity index (χ0v) is 14.2.